The molecule has 2 fully saturated rings. The quantitative estimate of drug-likeness (QED) is 0.449. The lowest BCUT2D eigenvalue weighted by Crippen LogP contribution is -2.54. The van der Waals surface area contributed by atoms with Gasteiger partial charge in [-0.25, -0.2) is 0 Å². The molecule has 0 radical (unpaired) electrons. The second kappa shape index (κ2) is 9.93. The first-order valence-corrected chi connectivity index (χ1v) is 14.6. The van der Waals surface area contributed by atoms with Gasteiger partial charge in [0.25, 0.3) is 5.91 Å². The topological polar surface area (TPSA) is 87.2 Å². The van der Waals surface area contributed by atoms with Gasteiger partial charge in [0.1, 0.15) is 6.04 Å². The molecule has 7 nitrogen and oxygen atoms in total. The standard InChI is InChI=1S/C32H34N2O5S/c1-20-12-13-21(2)23(18-20)33-16-9-15-32-25(26-30(38)39-17-8-7-14-31(26,3)40-32)28(36)34(27(32)29(33)37)24(19-35)22-10-5-4-6-11-22/h4-7,9-15,18,24-27,35H,8,16-17,19H2,1-3H3/t24-,25+,26-,27?,31+,32+/m1/s1. The molecule has 40 heavy (non-hydrogen) atoms. The smallest absolute Gasteiger partial charge is 0.311 e. The summed E-state index contributed by atoms with van der Waals surface area (Å²) in [6.45, 7) is 6.18. The largest absolute Gasteiger partial charge is 0.465 e. The third kappa shape index (κ3) is 3.95. The van der Waals surface area contributed by atoms with E-state index in [1.54, 1.807) is 9.80 Å². The molecular formula is C32H34N2O5S. The van der Waals surface area contributed by atoms with E-state index in [9.17, 15) is 19.5 Å². The Morgan fingerprint density at radius 3 is 2.55 bits per heavy atom. The number of carbonyl (C=O) groups is 3. The van der Waals surface area contributed by atoms with Crippen LogP contribution in [0.2, 0.25) is 0 Å². The number of anilines is 1. The predicted molar refractivity (Wildman–Crippen MR) is 155 cm³/mol. The van der Waals surface area contributed by atoms with Crippen molar-refractivity contribution in [1.82, 2.24) is 4.90 Å². The van der Waals surface area contributed by atoms with Crippen molar-refractivity contribution in [3.63, 3.8) is 0 Å². The van der Waals surface area contributed by atoms with Crippen LogP contribution in [0, 0.1) is 25.7 Å². The summed E-state index contributed by atoms with van der Waals surface area (Å²) in [7, 11) is 0. The molecule has 1 N–H and O–H groups in total. The first-order valence-electron chi connectivity index (χ1n) is 13.8. The van der Waals surface area contributed by atoms with Crippen molar-refractivity contribution in [2.45, 2.75) is 48.8 Å². The second-order valence-corrected chi connectivity index (χ2v) is 13.1. The highest BCUT2D eigenvalue weighted by molar-refractivity contribution is 8.02. The number of amides is 2. The van der Waals surface area contributed by atoms with E-state index in [1.165, 1.54) is 11.8 Å². The Kier molecular flexibility index (Phi) is 6.66. The van der Waals surface area contributed by atoms with Crippen molar-refractivity contribution < 1.29 is 24.2 Å². The van der Waals surface area contributed by atoms with E-state index < -0.39 is 39.4 Å². The molecule has 0 saturated carbocycles. The number of esters is 1. The minimum absolute atomic E-state index is 0.216. The maximum atomic E-state index is 14.8. The summed E-state index contributed by atoms with van der Waals surface area (Å²) in [6.07, 6.45) is 8.59. The summed E-state index contributed by atoms with van der Waals surface area (Å²) >= 11 is 1.51. The minimum atomic E-state index is -1.02. The molecule has 0 aliphatic carbocycles. The highest BCUT2D eigenvalue weighted by Gasteiger charge is 2.74. The number of carbonyl (C=O) groups excluding carboxylic acids is 3. The number of nitrogens with zero attached hydrogens (tertiary/aromatic N) is 2. The van der Waals surface area contributed by atoms with Gasteiger partial charge in [-0.3, -0.25) is 14.4 Å². The molecule has 2 amide bonds. The number of aliphatic hydroxyl groups is 1. The Balaban J connectivity index is 1.56. The number of cyclic esters (lactones) is 1. The van der Waals surface area contributed by atoms with E-state index in [-0.39, 0.29) is 25.0 Å². The summed E-state index contributed by atoms with van der Waals surface area (Å²) in [5, 5.41) is 10.7. The number of ether oxygens (including phenoxy) is 1. The average molecular weight is 559 g/mol. The SMILES string of the molecule is Cc1ccc(C)c(N2CC=C[C@]34S[C@@]5(C)C=CCCOC(=O)[C@H]5[C@H]3C(=O)N([C@H](CO)c3ccccc3)C4C2=O)c1. The molecule has 4 aliphatic heterocycles. The molecule has 4 heterocycles. The number of likely N-dealkylation sites (tertiary alicyclic amines) is 1. The van der Waals surface area contributed by atoms with Crippen LogP contribution in [-0.2, 0) is 19.1 Å². The van der Waals surface area contributed by atoms with Gasteiger partial charge in [-0.15, -0.1) is 11.8 Å². The zero-order chi connectivity index (χ0) is 28.2. The van der Waals surface area contributed by atoms with E-state index in [1.807, 2.05) is 93.6 Å². The summed E-state index contributed by atoms with van der Waals surface area (Å²) in [5.41, 5.74) is 3.51. The molecule has 0 aromatic heterocycles. The van der Waals surface area contributed by atoms with Crippen LogP contribution in [0.1, 0.15) is 36.1 Å². The van der Waals surface area contributed by atoms with Gasteiger partial charge < -0.3 is 19.6 Å². The van der Waals surface area contributed by atoms with Crippen LogP contribution in [-0.4, -0.2) is 63.1 Å². The Morgan fingerprint density at radius 2 is 1.80 bits per heavy atom. The van der Waals surface area contributed by atoms with Crippen LogP contribution in [0.4, 0.5) is 5.69 Å². The number of thioether (sulfide) groups is 1. The lowest BCUT2D eigenvalue weighted by atomic mass is 9.74. The first kappa shape index (κ1) is 26.8. The summed E-state index contributed by atoms with van der Waals surface area (Å²) in [6, 6.07) is 13.6. The van der Waals surface area contributed by atoms with Crippen LogP contribution in [0.3, 0.4) is 0 Å². The molecule has 0 bridgehead atoms. The maximum Gasteiger partial charge on any atom is 0.311 e. The average Bonchev–Trinajstić information content (AvgIpc) is 3.25. The van der Waals surface area contributed by atoms with Crippen molar-refractivity contribution in [3.8, 4) is 0 Å². The van der Waals surface area contributed by atoms with Gasteiger partial charge in [0.15, 0.2) is 0 Å². The highest BCUT2D eigenvalue weighted by Crippen LogP contribution is 2.66. The summed E-state index contributed by atoms with van der Waals surface area (Å²) in [4.78, 5) is 46.3. The monoisotopic (exact) mass is 558 g/mol. The van der Waals surface area contributed by atoms with E-state index in [4.69, 9.17) is 4.74 Å². The fourth-order valence-corrected chi connectivity index (χ4v) is 9.16. The van der Waals surface area contributed by atoms with Crippen molar-refractivity contribution in [2.75, 3.05) is 24.7 Å². The summed E-state index contributed by atoms with van der Waals surface area (Å²) < 4.78 is 3.88. The number of aryl methyl sites for hydroxylation is 2. The van der Waals surface area contributed by atoms with Crippen molar-refractivity contribution in [1.29, 1.82) is 0 Å². The van der Waals surface area contributed by atoms with Crippen LogP contribution in [0.25, 0.3) is 0 Å². The molecule has 6 rings (SSSR count). The van der Waals surface area contributed by atoms with E-state index >= 15 is 0 Å². The fraction of sp³-hybridized carbons (Fsp3) is 0.406. The number of hydrogen-bond acceptors (Lipinski definition) is 6. The molecule has 6 atom stereocenters. The molecule has 2 aromatic rings. The number of benzene rings is 2. The van der Waals surface area contributed by atoms with E-state index in [2.05, 4.69) is 0 Å². The second-order valence-electron chi connectivity index (χ2n) is 11.4. The molecule has 2 aromatic carbocycles. The molecule has 2 saturated heterocycles. The van der Waals surface area contributed by atoms with Gasteiger partial charge in [-0.1, -0.05) is 66.8 Å². The number of hydrogen-bond donors (Lipinski definition) is 1. The van der Waals surface area contributed by atoms with Crippen LogP contribution >= 0.6 is 11.8 Å². The normalized spacial score (nSPS) is 32.1. The maximum absolute atomic E-state index is 14.8. The van der Waals surface area contributed by atoms with Crippen molar-refractivity contribution in [2.24, 2.45) is 11.8 Å². The Bertz CT molecular complexity index is 1420. The van der Waals surface area contributed by atoms with Gasteiger partial charge in [0.05, 0.1) is 35.8 Å². The van der Waals surface area contributed by atoms with Crippen molar-refractivity contribution in [3.05, 3.63) is 89.5 Å². The van der Waals surface area contributed by atoms with Gasteiger partial charge in [-0.2, -0.15) is 0 Å². The fourth-order valence-electron chi connectivity index (χ4n) is 7.02. The molecule has 1 unspecified atom stereocenters. The van der Waals surface area contributed by atoms with Crippen LogP contribution in [0.5, 0.6) is 0 Å². The van der Waals surface area contributed by atoms with Gasteiger partial charge >= 0.3 is 5.97 Å². The van der Waals surface area contributed by atoms with Crippen molar-refractivity contribution >= 4 is 35.2 Å². The molecule has 4 aliphatic rings. The third-order valence-corrected chi connectivity index (χ3v) is 10.6. The number of fused-ring (bicyclic) bond motifs is 2. The summed E-state index contributed by atoms with van der Waals surface area (Å²) in [5.74, 6) is -2.52. The number of aliphatic hydroxyl groups excluding tert-OH is 1. The zero-order valence-electron chi connectivity index (χ0n) is 22.9. The minimum Gasteiger partial charge on any atom is -0.465 e. The predicted octanol–water partition coefficient (Wildman–Crippen LogP) is 4.13. The molecular weight excluding hydrogens is 524 g/mol. The number of rotatable bonds is 4. The lowest BCUT2D eigenvalue weighted by molar-refractivity contribution is -0.154. The van der Waals surface area contributed by atoms with Gasteiger partial charge in [0, 0.05) is 17.0 Å². The Labute approximate surface area is 238 Å². The van der Waals surface area contributed by atoms with E-state index in [0.717, 1.165) is 22.4 Å². The molecule has 1 spiro atoms. The van der Waals surface area contributed by atoms with Gasteiger partial charge in [-0.05, 0) is 49.9 Å². The van der Waals surface area contributed by atoms with E-state index in [0.29, 0.717) is 13.0 Å². The van der Waals surface area contributed by atoms with Crippen LogP contribution in [0.15, 0.2) is 72.8 Å². The van der Waals surface area contributed by atoms with Crippen LogP contribution < -0.4 is 4.90 Å². The Hall–Kier alpha value is -3.36. The first-order chi connectivity index (χ1) is 19.2. The molecule has 208 valence electrons. The highest BCUT2D eigenvalue weighted by atomic mass is 32.2. The Morgan fingerprint density at radius 1 is 1.02 bits per heavy atom. The zero-order valence-corrected chi connectivity index (χ0v) is 23.8. The molecule has 8 heteroatoms. The van der Waals surface area contributed by atoms with Gasteiger partial charge in [0.2, 0.25) is 5.91 Å². The lowest BCUT2D eigenvalue weighted by Gasteiger charge is -2.40. The third-order valence-electron chi connectivity index (χ3n) is 8.81.